The van der Waals surface area contributed by atoms with Crippen LogP contribution in [0.3, 0.4) is 0 Å². The third-order valence-electron chi connectivity index (χ3n) is 1.67. The Morgan fingerprint density at radius 2 is 2.27 bits per heavy atom. The van der Waals surface area contributed by atoms with Crippen LogP contribution in [-0.2, 0) is 4.79 Å². The Labute approximate surface area is 86.9 Å². The van der Waals surface area contributed by atoms with E-state index in [2.05, 4.69) is 11.8 Å². The number of carboxylic acids is 1. The minimum Gasteiger partial charge on any atom is -0.481 e. The van der Waals surface area contributed by atoms with Gasteiger partial charge in [-0.3, -0.25) is 4.79 Å². The fraction of sp³-hybridized carbons (Fsp3) is 0.0909. The highest BCUT2D eigenvalue weighted by Crippen LogP contribution is 2.14. The van der Waals surface area contributed by atoms with E-state index in [0.29, 0.717) is 11.3 Å². The molecule has 0 fully saturated rings. The van der Waals surface area contributed by atoms with E-state index >= 15 is 0 Å². The molecule has 0 amide bonds. The number of hydrogen-bond donors (Lipinski definition) is 2. The first-order valence-electron chi connectivity index (χ1n) is 4.14. The molecular formula is C11H8N2O2. The molecular weight excluding hydrogens is 192 g/mol. The van der Waals surface area contributed by atoms with Crippen molar-refractivity contribution in [1.82, 2.24) is 0 Å². The summed E-state index contributed by atoms with van der Waals surface area (Å²) in [6.07, 6.45) is -0.250. The van der Waals surface area contributed by atoms with Crippen molar-refractivity contribution in [3.05, 3.63) is 29.3 Å². The molecule has 0 unspecified atom stereocenters. The molecule has 0 aliphatic rings. The van der Waals surface area contributed by atoms with Gasteiger partial charge in [-0.1, -0.05) is 17.9 Å². The number of carbonyl (C=O) groups is 1. The Kier molecular flexibility index (Phi) is 3.32. The van der Waals surface area contributed by atoms with E-state index in [1.54, 1.807) is 18.2 Å². The predicted octanol–water partition coefficient (Wildman–Crippen LogP) is 0.967. The van der Waals surface area contributed by atoms with Gasteiger partial charge in [0.15, 0.2) is 0 Å². The van der Waals surface area contributed by atoms with Crippen LogP contribution in [0.4, 0.5) is 5.69 Å². The van der Waals surface area contributed by atoms with Crippen molar-refractivity contribution in [2.24, 2.45) is 0 Å². The molecule has 0 aromatic heterocycles. The molecule has 0 aliphatic carbocycles. The van der Waals surface area contributed by atoms with Gasteiger partial charge in [-0.25, -0.2) is 0 Å². The lowest BCUT2D eigenvalue weighted by atomic mass is 10.1. The number of benzene rings is 1. The summed E-state index contributed by atoms with van der Waals surface area (Å²) in [4.78, 5) is 10.2. The molecule has 0 spiro atoms. The Balaban J connectivity index is 3.04. The van der Waals surface area contributed by atoms with Crippen LogP contribution in [0.2, 0.25) is 0 Å². The summed E-state index contributed by atoms with van der Waals surface area (Å²) in [5.74, 6) is 4.05. The van der Waals surface area contributed by atoms with Crippen LogP contribution < -0.4 is 5.73 Å². The maximum absolute atomic E-state index is 10.2. The third kappa shape index (κ3) is 2.75. The molecule has 0 aliphatic heterocycles. The molecule has 1 aromatic rings. The molecule has 4 nitrogen and oxygen atoms in total. The van der Waals surface area contributed by atoms with E-state index < -0.39 is 5.97 Å². The Bertz CT molecular complexity index is 490. The first-order chi connectivity index (χ1) is 7.15. The zero-order valence-electron chi connectivity index (χ0n) is 7.82. The summed E-state index contributed by atoms with van der Waals surface area (Å²) in [7, 11) is 0. The van der Waals surface area contributed by atoms with Gasteiger partial charge in [-0.2, -0.15) is 5.26 Å². The minimum atomic E-state index is -0.995. The second kappa shape index (κ2) is 4.69. The van der Waals surface area contributed by atoms with Gasteiger partial charge in [0, 0.05) is 5.56 Å². The molecule has 0 heterocycles. The van der Waals surface area contributed by atoms with Crippen LogP contribution in [0.25, 0.3) is 0 Å². The highest BCUT2D eigenvalue weighted by atomic mass is 16.4. The van der Waals surface area contributed by atoms with Crippen LogP contribution >= 0.6 is 0 Å². The van der Waals surface area contributed by atoms with Gasteiger partial charge in [0.25, 0.3) is 0 Å². The van der Waals surface area contributed by atoms with Crippen molar-refractivity contribution in [3.8, 4) is 17.9 Å². The van der Waals surface area contributed by atoms with Crippen LogP contribution in [0, 0.1) is 23.2 Å². The topological polar surface area (TPSA) is 87.1 Å². The fourth-order valence-corrected chi connectivity index (χ4v) is 1.01. The highest BCUT2D eigenvalue weighted by Gasteiger charge is 2.02. The van der Waals surface area contributed by atoms with Crippen molar-refractivity contribution in [2.75, 3.05) is 5.73 Å². The van der Waals surface area contributed by atoms with Gasteiger partial charge in [0.05, 0.1) is 11.3 Å². The van der Waals surface area contributed by atoms with Gasteiger partial charge in [0.1, 0.15) is 12.5 Å². The van der Waals surface area contributed by atoms with Crippen molar-refractivity contribution in [2.45, 2.75) is 6.42 Å². The first-order valence-corrected chi connectivity index (χ1v) is 4.14. The summed E-state index contributed by atoms with van der Waals surface area (Å²) in [5.41, 5.74) is 6.65. The quantitative estimate of drug-likeness (QED) is 0.522. The standard InChI is InChI=1S/C11H8N2O2/c12-7-9-8(3-1-5-10(9)13)4-2-6-11(14)15/h1,3,5H,6,13H2,(H,14,15). The van der Waals surface area contributed by atoms with E-state index in [1.807, 2.05) is 6.07 Å². The monoisotopic (exact) mass is 200 g/mol. The smallest absolute Gasteiger partial charge is 0.315 e. The van der Waals surface area contributed by atoms with Gasteiger partial charge < -0.3 is 10.8 Å². The molecule has 0 saturated heterocycles. The SMILES string of the molecule is N#Cc1c(N)cccc1C#CCC(=O)O. The molecule has 74 valence electrons. The van der Waals surface area contributed by atoms with E-state index in [9.17, 15) is 4.79 Å². The highest BCUT2D eigenvalue weighted by molar-refractivity contribution is 5.70. The van der Waals surface area contributed by atoms with Gasteiger partial charge in [-0.05, 0) is 12.1 Å². The number of aliphatic carboxylic acids is 1. The summed E-state index contributed by atoms with van der Waals surface area (Å²) < 4.78 is 0. The molecule has 3 N–H and O–H groups in total. The van der Waals surface area contributed by atoms with Crippen molar-refractivity contribution < 1.29 is 9.90 Å². The van der Waals surface area contributed by atoms with Gasteiger partial charge in [0.2, 0.25) is 0 Å². The van der Waals surface area contributed by atoms with E-state index in [1.165, 1.54) is 0 Å². The minimum absolute atomic E-state index is 0.250. The lowest BCUT2D eigenvalue weighted by Gasteiger charge is -1.98. The van der Waals surface area contributed by atoms with E-state index in [-0.39, 0.29) is 12.0 Å². The van der Waals surface area contributed by atoms with Crippen LogP contribution in [-0.4, -0.2) is 11.1 Å². The number of rotatable bonds is 1. The predicted molar refractivity (Wildman–Crippen MR) is 54.7 cm³/mol. The van der Waals surface area contributed by atoms with Crippen LogP contribution in [0.15, 0.2) is 18.2 Å². The van der Waals surface area contributed by atoms with Gasteiger partial charge >= 0.3 is 5.97 Å². The summed E-state index contributed by atoms with van der Waals surface area (Å²) in [6.45, 7) is 0. The summed E-state index contributed by atoms with van der Waals surface area (Å²) in [5, 5.41) is 17.2. The maximum Gasteiger partial charge on any atom is 0.315 e. The van der Waals surface area contributed by atoms with Crippen LogP contribution in [0.1, 0.15) is 17.5 Å². The molecule has 0 atom stereocenters. The number of hydrogen-bond acceptors (Lipinski definition) is 3. The average molecular weight is 200 g/mol. The molecule has 0 bridgehead atoms. The van der Waals surface area contributed by atoms with Crippen molar-refractivity contribution >= 4 is 11.7 Å². The number of anilines is 1. The largest absolute Gasteiger partial charge is 0.481 e. The van der Waals surface area contributed by atoms with Crippen LogP contribution in [0.5, 0.6) is 0 Å². The normalized spacial score (nSPS) is 8.47. The molecule has 4 heteroatoms. The van der Waals surface area contributed by atoms with Gasteiger partial charge in [-0.15, -0.1) is 0 Å². The maximum atomic E-state index is 10.2. The Morgan fingerprint density at radius 1 is 1.53 bits per heavy atom. The number of carboxylic acid groups (broad SMARTS) is 1. The molecule has 0 saturated carbocycles. The lowest BCUT2D eigenvalue weighted by molar-refractivity contribution is -0.135. The fourth-order valence-electron chi connectivity index (χ4n) is 1.01. The summed E-state index contributed by atoms with van der Waals surface area (Å²) >= 11 is 0. The first kappa shape index (κ1) is 10.6. The Morgan fingerprint density at radius 3 is 2.87 bits per heavy atom. The molecule has 1 aromatic carbocycles. The van der Waals surface area contributed by atoms with E-state index in [4.69, 9.17) is 16.1 Å². The third-order valence-corrected chi connectivity index (χ3v) is 1.67. The van der Waals surface area contributed by atoms with Crippen molar-refractivity contribution in [3.63, 3.8) is 0 Å². The summed E-state index contributed by atoms with van der Waals surface area (Å²) in [6, 6.07) is 6.82. The van der Waals surface area contributed by atoms with Crippen molar-refractivity contribution in [1.29, 1.82) is 5.26 Å². The molecule has 1 rings (SSSR count). The molecule has 0 radical (unpaired) electrons. The van der Waals surface area contributed by atoms with E-state index in [0.717, 1.165) is 0 Å². The number of nitriles is 1. The second-order valence-electron chi connectivity index (χ2n) is 2.75. The zero-order chi connectivity index (χ0) is 11.3. The molecule has 15 heavy (non-hydrogen) atoms. The Hall–Kier alpha value is -2.46. The zero-order valence-corrected chi connectivity index (χ0v) is 7.82. The number of nitrogens with two attached hydrogens (primary N) is 1. The lowest BCUT2D eigenvalue weighted by Crippen LogP contribution is -1.94. The second-order valence-corrected chi connectivity index (χ2v) is 2.75. The average Bonchev–Trinajstić information content (AvgIpc) is 2.17. The number of nitrogen functional groups attached to an aromatic ring is 1. The number of nitrogens with zero attached hydrogens (tertiary/aromatic N) is 1.